The molecule has 0 unspecified atom stereocenters. The molecule has 0 rings (SSSR count). The molecule has 0 saturated heterocycles. The van der Waals surface area contributed by atoms with E-state index >= 15 is 0 Å². The molecule has 4 heavy (non-hydrogen) atoms. The predicted octanol–water partition coefficient (Wildman–Crippen LogP) is -3.24. The van der Waals surface area contributed by atoms with Gasteiger partial charge in [-0.3, -0.25) is 0 Å². The van der Waals surface area contributed by atoms with E-state index in [-0.39, 0.29) is 51.4 Å². The van der Waals surface area contributed by atoms with E-state index in [1.807, 2.05) is 0 Å². The fourth-order valence-corrected chi connectivity index (χ4v) is 0. The summed E-state index contributed by atoms with van der Waals surface area (Å²) in [6.45, 7) is 0. The van der Waals surface area contributed by atoms with Crippen LogP contribution in [-0.4, -0.2) is 0 Å². The number of hydrogen-bond acceptors (Lipinski definition) is 2. The summed E-state index contributed by atoms with van der Waals surface area (Å²) in [5.41, 5.74) is 0. The van der Waals surface area contributed by atoms with Crippen LogP contribution in [0.15, 0.2) is 0 Å². The normalized spacial score (nSPS) is 4.00. The first-order valence-corrected chi connectivity index (χ1v) is 1.27. The van der Waals surface area contributed by atoms with Crippen molar-refractivity contribution in [3.63, 3.8) is 0 Å². The van der Waals surface area contributed by atoms with Gasteiger partial charge in [-0.15, -0.1) is 0 Å². The third-order valence-corrected chi connectivity index (χ3v) is 0. The van der Waals surface area contributed by atoms with Gasteiger partial charge in [0.15, 0.2) is 0 Å². The zero-order valence-corrected chi connectivity index (χ0v) is 6.50. The molecule has 0 atom stereocenters. The summed E-state index contributed by atoms with van der Waals surface area (Å²) in [6.07, 6.45) is 0. The molecule has 0 aliphatic carbocycles. The van der Waals surface area contributed by atoms with E-state index in [4.69, 9.17) is 7.67 Å². The van der Waals surface area contributed by atoms with Crippen LogP contribution in [0.2, 0.25) is 0 Å². The molecular weight excluding hydrogens is 126 g/mol. The Labute approximate surface area is 72.3 Å². The first kappa shape index (κ1) is 9.23. The molecular formula is KMnO2. The van der Waals surface area contributed by atoms with Crippen LogP contribution in [0.4, 0.5) is 0 Å². The Morgan fingerprint density at radius 1 is 1.25 bits per heavy atom. The molecule has 0 aliphatic heterocycles. The SMILES string of the molecule is [K+].[O]=[Mn-]=[O]. The average Bonchev–Trinajstić information content (AvgIpc) is 0.918. The molecule has 0 aromatic heterocycles. The van der Waals surface area contributed by atoms with Crippen molar-refractivity contribution in [1.82, 2.24) is 0 Å². The predicted molar refractivity (Wildman–Crippen MR) is 1.37 cm³/mol. The molecule has 0 aliphatic rings. The van der Waals surface area contributed by atoms with E-state index in [1.165, 1.54) is 0 Å². The van der Waals surface area contributed by atoms with E-state index in [0.717, 1.165) is 0 Å². The fourth-order valence-electron chi connectivity index (χ4n) is 0. The van der Waals surface area contributed by atoms with Gasteiger partial charge in [0, 0.05) is 0 Å². The van der Waals surface area contributed by atoms with Crippen molar-refractivity contribution in [2.45, 2.75) is 0 Å². The van der Waals surface area contributed by atoms with Gasteiger partial charge in [0.2, 0.25) is 0 Å². The van der Waals surface area contributed by atoms with E-state index in [2.05, 4.69) is 0 Å². The van der Waals surface area contributed by atoms with Crippen molar-refractivity contribution in [3.8, 4) is 0 Å². The third-order valence-electron chi connectivity index (χ3n) is 0. The van der Waals surface area contributed by atoms with Gasteiger partial charge < -0.3 is 0 Å². The molecule has 0 bridgehead atoms. The maximum absolute atomic E-state index is 8.41. The second kappa shape index (κ2) is 8.83. The van der Waals surface area contributed by atoms with Crippen LogP contribution in [0.25, 0.3) is 0 Å². The molecule has 0 fully saturated rings. The summed E-state index contributed by atoms with van der Waals surface area (Å²) >= 11 is -1.44. The van der Waals surface area contributed by atoms with E-state index in [9.17, 15) is 0 Å². The molecule has 0 radical (unpaired) electrons. The molecule has 0 aromatic rings. The zero-order chi connectivity index (χ0) is 2.71. The van der Waals surface area contributed by atoms with Crippen LogP contribution in [0.3, 0.4) is 0 Å². The minimum absolute atomic E-state index is 0. The number of hydrogen-bond donors (Lipinski definition) is 0. The molecule has 0 heterocycles. The van der Waals surface area contributed by atoms with Gasteiger partial charge in [0.25, 0.3) is 0 Å². The Morgan fingerprint density at radius 2 is 1.25 bits per heavy atom. The van der Waals surface area contributed by atoms with Crippen LogP contribution in [0.5, 0.6) is 0 Å². The van der Waals surface area contributed by atoms with Crippen LogP contribution >= 0.6 is 0 Å². The van der Waals surface area contributed by atoms with Gasteiger partial charge in [-0.25, -0.2) is 0 Å². The van der Waals surface area contributed by atoms with Crippen molar-refractivity contribution in [2.24, 2.45) is 0 Å². The zero-order valence-electron chi connectivity index (χ0n) is 2.19. The summed E-state index contributed by atoms with van der Waals surface area (Å²) in [6, 6.07) is 0. The van der Waals surface area contributed by atoms with Crippen LogP contribution in [-0.2, 0) is 22.5 Å². The van der Waals surface area contributed by atoms with Crippen molar-refractivity contribution in [2.75, 3.05) is 0 Å². The summed E-state index contributed by atoms with van der Waals surface area (Å²) in [4.78, 5) is 0. The van der Waals surface area contributed by atoms with Gasteiger partial charge in [0.1, 0.15) is 0 Å². The molecule has 0 spiro atoms. The molecule has 0 saturated carbocycles. The molecule has 0 amide bonds. The van der Waals surface area contributed by atoms with Gasteiger partial charge in [-0.05, 0) is 0 Å². The molecule has 0 aromatic carbocycles. The molecule has 4 heteroatoms. The van der Waals surface area contributed by atoms with Crippen molar-refractivity contribution in [3.05, 3.63) is 0 Å². The van der Waals surface area contributed by atoms with E-state index in [0.29, 0.717) is 0 Å². The summed E-state index contributed by atoms with van der Waals surface area (Å²) in [5, 5.41) is 0. The Balaban J connectivity index is 0. The molecule has 2 nitrogen and oxygen atoms in total. The van der Waals surface area contributed by atoms with Crippen molar-refractivity contribution in [1.29, 1.82) is 0 Å². The third kappa shape index (κ3) is 9.25. The summed E-state index contributed by atoms with van der Waals surface area (Å²) < 4.78 is 16.8. The Hall–Kier alpha value is 1.76. The van der Waals surface area contributed by atoms with Gasteiger partial charge >= 0.3 is 73.9 Å². The Bertz CT molecular complexity index is 27.0. The minimum atomic E-state index is -1.44. The van der Waals surface area contributed by atoms with Gasteiger partial charge in [-0.2, -0.15) is 0 Å². The first-order valence-electron chi connectivity index (χ1n) is 0.309. The molecule has 20 valence electrons. The summed E-state index contributed by atoms with van der Waals surface area (Å²) in [5.74, 6) is 0. The fraction of sp³-hybridized carbons (Fsp3) is 0. The second-order valence-corrected chi connectivity index (χ2v) is 0.260. The van der Waals surface area contributed by atoms with Crippen molar-refractivity contribution < 1.29 is 73.9 Å². The van der Waals surface area contributed by atoms with E-state index < -0.39 is 14.8 Å². The Morgan fingerprint density at radius 3 is 1.25 bits per heavy atom. The number of rotatable bonds is 0. The standard InChI is InChI=1S/K.Mn.2O/q+1;-1;;. The Kier molecular flexibility index (Phi) is 20.4. The van der Waals surface area contributed by atoms with Crippen LogP contribution in [0, 0.1) is 0 Å². The van der Waals surface area contributed by atoms with Crippen molar-refractivity contribution >= 4 is 0 Å². The average molecular weight is 126 g/mol. The van der Waals surface area contributed by atoms with Gasteiger partial charge in [-0.1, -0.05) is 0 Å². The maximum atomic E-state index is 8.41. The van der Waals surface area contributed by atoms with Crippen LogP contribution in [0.1, 0.15) is 0 Å². The summed E-state index contributed by atoms with van der Waals surface area (Å²) in [7, 11) is 0. The monoisotopic (exact) mass is 126 g/mol. The van der Waals surface area contributed by atoms with E-state index in [1.54, 1.807) is 0 Å². The quantitative estimate of drug-likeness (QED) is 0.320. The van der Waals surface area contributed by atoms with Crippen LogP contribution < -0.4 is 51.4 Å². The van der Waals surface area contributed by atoms with Gasteiger partial charge in [0.05, 0.1) is 0 Å². The first-order chi connectivity index (χ1) is 1.41. The topological polar surface area (TPSA) is 34.1 Å². The molecule has 0 N–H and O–H groups in total. The second-order valence-electron chi connectivity index (χ2n) is 0.0630.